The predicted octanol–water partition coefficient (Wildman–Crippen LogP) is 0.348. The van der Waals surface area contributed by atoms with Crippen LogP contribution in [-0.4, -0.2) is 62.0 Å². The smallest absolute Gasteiger partial charge is 0.319 e. The molecule has 5 heteroatoms. The van der Waals surface area contributed by atoms with Gasteiger partial charge in [0.1, 0.15) is 0 Å². The van der Waals surface area contributed by atoms with Gasteiger partial charge in [-0.2, -0.15) is 0 Å². The van der Waals surface area contributed by atoms with Gasteiger partial charge in [0.2, 0.25) is 5.91 Å². The molecule has 0 rings (SSSR count). The molecule has 5 nitrogen and oxygen atoms in total. The lowest BCUT2D eigenvalue weighted by Gasteiger charge is -2.28. The molecule has 0 saturated carbocycles. The Hall–Kier alpha value is -1.10. The topological polar surface area (TPSA) is 49.9 Å². The van der Waals surface area contributed by atoms with Crippen LogP contribution in [0.4, 0.5) is 0 Å². The highest BCUT2D eigenvalue weighted by Gasteiger charge is 2.24. The maximum absolute atomic E-state index is 11.8. The van der Waals surface area contributed by atoms with Crippen LogP contribution in [0.25, 0.3) is 0 Å². The van der Waals surface area contributed by atoms with Crippen molar-refractivity contribution in [2.75, 3.05) is 34.3 Å². The molecule has 0 aliphatic heterocycles. The van der Waals surface area contributed by atoms with E-state index in [1.165, 1.54) is 12.0 Å². The minimum Gasteiger partial charge on any atom is -0.468 e. The van der Waals surface area contributed by atoms with Crippen LogP contribution in [0.5, 0.6) is 0 Å². The molecule has 0 spiro atoms. The summed E-state index contributed by atoms with van der Waals surface area (Å²) in [5.74, 6) is -0.316. The highest BCUT2D eigenvalue weighted by atomic mass is 16.5. The van der Waals surface area contributed by atoms with Crippen molar-refractivity contribution < 1.29 is 14.3 Å². The number of ether oxygens (including phenoxy) is 1. The van der Waals surface area contributed by atoms with Crippen LogP contribution in [-0.2, 0) is 14.3 Å². The Kier molecular flexibility index (Phi) is 6.72. The van der Waals surface area contributed by atoms with Gasteiger partial charge < -0.3 is 9.64 Å². The number of hydrogen-bond donors (Lipinski definition) is 0. The van der Waals surface area contributed by atoms with E-state index >= 15 is 0 Å². The normalized spacial score (nSPS) is 12.4. The van der Waals surface area contributed by atoms with E-state index in [2.05, 4.69) is 4.74 Å². The molecule has 0 aromatic rings. The number of likely N-dealkylation sites (N-methyl/N-ethyl adjacent to an activating group) is 1. The van der Waals surface area contributed by atoms with Crippen molar-refractivity contribution in [1.82, 2.24) is 9.80 Å². The zero-order valence-corrected chi connectivity index (χ0v) is 10.8. The average Bonchev–Trinajstić information content (AvgIpc) is 2.26. The third-order valence-electron chi connectivity index (χ3n) is 2.42. The fraction of sp³-hybridized carbons (Fsp3) is 0.818. The highest BCUT2D eigenvalue weighted by Crippen LogP contribution is 2.03. The van der Waals surface area contributed by atoms with E-state index in [1.54, 1.807) is 21.0 Å². The Bertz CT molecular complexity index is 241. The van der Waals surface area contributed by atoms with Gasteiger partial charge in [-0.25, -0.2) is 0 Å². The van der Waals surface area contributed by atoms with Crippen LogP contribution >= 0.6 is 0 Å². The molecule has 0 bridgehead atoms. The number of nitrogens with zero attached hydrogens (tertiary/aromatic N) is 2. The van der Waals surface area contributed by atoms with Gasteiger partial charge in [-0.1, -0.05) is 6.92 Å². The molecule has 0 aromatic carbocycles. The minimum atomic E-state index is -0.313. The van der Waals surface area contributed by atoms with Gasteiger partial charge in [-0.05, 0) is 19.9 Å². The molecule has 94 valence electrons. The standard InChI is InChI=1S/C11H22N2O3/c1-6-7-13(8-10(14)16-5)9(2)11(15)12(3)4/h9H,6-8H2,1-5H3. The Balaban J connectivity index is 4.51. The van der Waals surface area contributed by atoms with Crippen LogP contribution in [0.2, 0.25) is 0 Å². The fourth-order valence-electron chi connectivity index (χ4n) is 1.46. The predicted molar refractivity (Wildman–Crippen MR) is 62.0 cm³/mol. The molecular formula is C11H22N2O3. The van der Waals surface area contributed by atoms with Crippen molar-refractivity contribution in [3.05, 3.63) is 0 Å². The lowest BCUT2D eigenvalue weighted by Crippen LogP contribution is -2.47. The van der Waals surface area contributed by atoms with E-state index in [4.69, 9.17) is 0 Å². The zero-order valence-electron chi connectivity index (χ0n) is 10.8. The lowest BCUT2D eigenvalue weighted by atomic mass is 10.2. The number of carbonyl (C=O) groups is 2. The van der Waals surface area contributed by atoms with Gasteiger partial charge in [0.15, 0.2) is 0 Å². The van der Waals surface area contributed by atoms with Gasteiger partial charge >= 0.3 is 5.97 Å². The number of methoxy groups -OCH3 is 1. The Morgan fingerprint density at radius 3 is 2.25 bits per heavy atom. The number of esters is 1. The van der Waals surface area contributed by atoms with Gasteiger partial charge in [-0.15, -0.1) is 0 Å². The zero-order chi connectivity index (χ0) is 12.7. The first-order chi connectivity index (χ1) is 7.43. The second kappa shape index (κ2) is 7.22. The van der Waals surface area contributed by atoms with E-state index in [9.17, 15) is 9.59 Å². The molecule has 0 radical (unpaired) electrons. The van der Waals surface area contributed by atoms with Crippen molar-refractivity contribution in [2.45, 2.75) is 26.3 Å². The van der Waals surface area contributed by atoms with Crippen LogP contribution in [0.1, 0.15) is 20.3 Å². The van der Waals surface area contributed by atoms with E-state index in [1.807, 2.05) is 11.8 Å². The van der Waals surface area contributed by atoms with Gasteiger partial charge in [0.25, 0.3) is 0 Å². The first-order valence-electron chi connectivity index (χ1n) is 5.46. The first kappa shape index (κ1) is 14.9. The second-order valence-corrected chi connectivity index (χ2v) is 3.96. The quantitative estimate of drug-likeness (QED) is 0.618. The number of rotatable bonds is 6. The minimum absolute atomic E-state index is 0.00245. The Labute approximate surface area is 97.3 Å². The SMILES string of the molecule is CCCN(CC(=O)OC)C(C)C(=O)N(C)C. The van der Waals surface area contributed by atoms with Crippen molar-refractivity contribution in [2.24, 2.45) is 0 Å². The summed E-state index contributed by atoms with van der Waals surface area (Å²) in [5, 5.41) is 0. The van der Waals surface area contributed by atoms with E-state index in [0.717, 1.165) is 6.42 Å². The van der Waals surface area contributed by atoms with E-state index in [0.29, 0.717) is 6.54 Å². The van der Waals surface area contributed by atoms with Crippen LogP contribution < -0.4 is 0 Å². The summed E-state index contributed by atoms with van der Waals surface area (Å²) in [6, 6.07) is -0.297. The molecule has 0 aromatic heterocycles. The molecule has 0 saturated heterocycles. The third-order valence-corrected chi connectivity index (χ3v) is 2.42. The summed E-state index contributed by atoms with van der Waals surface area (Å²) in [6.07, 6.45) is 0.891. The second-order valence-electron chi connectivity index (χ2n) is 3.96. The monoisotopic (exact) mass is 230 g/mol. The summed E-state index contributed by atoms with van der Waals surface area (Å²) < 4.78 is 4.61. The summed E-state index contributed by atoms with van der Waals surface area (Å²) in [5.41, 5.74) is 0. The van der Waals surface area contributed by atoms with Crippen molar-refractivity contribution in [3.63, 3.8) is 0 Å². The van der Waals surface area contributed by atoms with Gasteiger partial charge in [0, 0.05) is 14.1 Å². The average molecular weight is 230 g/mol. The van der Waals surface area contributed by atoms with Crippen molar-refractivity contribution >= 4 is 11.9 Å². The molecule has 0 aliphatic carbocycles. The molecule has 0 N–H and O–H groups in total. The van der Waals surface area contributed by atoms with Crippen LogP contribution in [0.3, 0.4) is 0 Å². The molecule has 16 heavy (non-hydrogen) atoms. The maximum Gasteiger partial charge on any atom is 0.319 e. The molecular weight excluding hydrogens is 208 g/mol. The molecule has 1 amide bonds. The molecule has 1 unspecified atom stereocenters. The van der Waals surface area contributed by atoms with E-state index < -0.39 is 0 Å². The number of hydrogen-bond acceptors (Lipinski definition) is 4. The maximum atomic E-state index is 11.8. The summed E-state index contributed by atoms with van der Waals surface area (Å²) >= 11 is 0. The highest BCUT2D eigenvalue weighted by molar-refractivity contribution is 5.82. The molecule has 0 aliphatic rings. The van der Waals surface area contributed by atoms with Crippen LogP contribution in [0.15, 0.2) is 0 Å². The third kappa shape index (κ3) is 4.61. The molecule has 0 fully saturated rings. The molecule has 1 atom stereocenters. The van der Waals surface area contributed by atoms with Gasteiger partial charge in [-0.3, -0.25) is 14.5 Å². The summed E-state index contributed by atoms with van der Waals surface area (Å²) in [4.78, 5) is 26.3. The Morgan fingerprint density at radius 1 is 1.31 bits per heavy atom. The lowest BCUT2D eigenvalue weighted by molar-refractivity contribution is -0.144. The summed E-state index contributed by atoms with van der Waals surface area (Å²) in [6.45, 7) is 4.68. The number of amides is 1. The van der Waals surface area contributed by atoms with E-state index in [-0.39, 0.29) is 24.5 Å². The van der Waals surface area contributed by atoms with Crippen LogP contribution in [0, 0.1) is 0 Å². The number of carbonyl (C=O) groups excluding carboxylic acids is 2. The first-order valence-corrected chi connectivity index (χ1v) is 5.46. The molecule has 0 heterocycles. The fourth-order valence-corrected chi connectivity index (χ4v) is 1.46. The Morgan fingerprint density at radius 2 is 1.88 bits per heavy atom. The largest absolute Gasteiger partial charge is 0.468 e. The van der Waals surface area contributed by atoms with Crippen molar-refractivity contribution in [1.29, 1.82) is 0 Å². The van der Waals surface area contributed by atoms with Gasteiger partial charge in [0.05, 0.1) is 19.7 Å². The van der Waals surface area contributed by atoms with Crippen molar-refractivity contribution in [3.8, 4) is 0 Å². The summed E-state index contributed by atoms with van der Waals surface area (Å²) in [7, 11) is 4.77.